The SMILES string of the molecule is CON(C)Cc1csc(NC(=O)N2C=NCC2)n1. The Balaban J connectivity index is 1.89. The van der Waals surface area contributed by atoms with Gasteiger partial charge in [0.05, 0.1) is 32.2 Å². The number of nitrogens with one attached hydrogen (secondary N) is 1. The third-order valence-electron chi connectivity index (χ3n) is 2.41. The number of thiazole rings is 1. The van der Waals surface area contributed by atoms with E-state index in [1.54, 1.807) is 18.5 Å². The van der Waals surface area contributed by atoms with Crippen LogP contribution in [0.5, 0.6) is 0 Å². The minimum absolute atomic E-state index is 0.197. The van der Waals surface area contributed by atoms with Crippen molar-refractivity contribution in [2.24, 2.45) is 4.99 Å². The van der Waals surface area contributed by atoms with Crippen LogP contribution in [-0.4, -0.2) is 54.6 Å². The van der Waals surface area contributed by atoms with E-state index >= 15 is 0 Å². The number of hydrogen-bond acceptors (Lipinski definition) is 6. The Morgan fingerprint density at radius 3 is 3.22 bits per heavy atom. The summed E-state index contributed by atoms with van der Waals surface area (Å²) < 4.78 is 0. The maximum atomic E-state index is 11.8. The van der Waals surface area contributed by atoms with Gasteiger partial charge in [0.25, 0.3) is 0 Å². The molecule has 2 amide bonds. The fraction of sp³-hybridized carbons (Fsp3) is 0.500. The predicted molar refractivity (Wildman–Crippen MR) is 69.7 cm³/mol. The lowest BCUT2D eigenvalue weighted by Crippen LogP contribution is -2.32. The van der Waals surface area contributed by atoms with Gasteiger partial charge in [0.1, 0.15) is 0 Å². The summed E-state index contributed by atoms with van der Waals surface area (Å²) in [6.45, 7) is 1.86. The van der Waals surface area contributed by atoms with E-state index in [0.717, 1.165) is 5.69 Å². The summed E-state index contributed by atoms with van der Waals surface area (Å²) in [5.41, 5.74) is 0.856. The van der Waals surface area contributed by atoms with E-state index in [4.69, 9.17) is 4.84 Å². The molecule has 0 bridgehead atoms. The molecule has 0 unspecified atom stereocenters. The van der Waals surface area contributed by atoms with Crippen LogP contribution in [0.15, 0.2) is 10.4 Å². The molecular weight excluding hydrogens is 254 g/mol. The average Bonchev–Trinajstić information content (AvgIpc) is 3.00. The Bertz CT molecular complexity index is 447. The van der Waals surface area contributed by atoms with Crippen LogP contribution in [0, 0.1) is 0 Å². The number of aromatic nitrogens is 1. The molecule has 1 aliphatic heterocycles. The maximum absolute atomic E-state index is 11.8. The zero-order valence-electron chi connectivity index (χ0n) is 10.3. The predicted octanol–water partition coefficient (Wildman–Crippen LogP) is 1.01. The molecule has 2 rings (SSSR count). The first-order valence-corrected chi connectivity index (χ1v) is 6.34. The molecular formula is C10H15N5O2S. The second-order valence-electron chi connectivity index (χ2n) is 3.76. The molecule has 0 radical (unpaired) electrons. The lowest BCUT2D eigenvalue weighted by Gasteiger charge is -2.11. The summed E-state index contributed by atoms with van der Waals surface area (Å²) in [6.07, 6.45) is 1.54. The Kier molecular flexibility index (Phi) is 4.24. The highest BCUT2D eigenvalue weighted by Gasteiger charge is 2.16. The molecule has 2 heterocycles. The van der Waals surface area contributed by atoms with Gasteiger partial charge >= 0.3 is 6.03 Å². The van der Waals surface area contributed by atoms with E-state index in [1.807, 2.05) is 12.4 Å². The van der Waals surface area contributed by atoms with Crippen LogP contribution < -0.4 is 5.32 Å². The molecule has 0 saturated carbocycles. The number of amides is 2. The largest absolute Gasteiger partial charge is 0.328 e. The van der Waals surface area contributed by atoms with Crippen molar-refractivity contribution >= 4 is 28.8 Å². The van der Waals surface area contributed by atoms with Crippen molar-refractivity contribution in [2.75, 3.05) is 32.6 Å². The van der Waals surface area contributed by atoms with E-state index in [-0.39, 0.29) is 6.03 Å². The van der Waals surface area contributed by atoms with Crippen LogP contribution in [0.1, 0.15) is 5.69 Å². The van der Waals surface area contributed by atoms with E-state index in [0.29, 0.717) is 24.8 Å². The molecule has 0 atom stereocenters. The molecule has 0 aliphatic carbocycles. The second kappa shape index (κ2) is 5.89. The third-order valence-corrected chi connectivity index (χ3v) is 3.22. The zero-order chi connectivity index (χ0) is 13.0. The molecule has 1 aliphatic rings. The van der Waals surface area contributed by atoms with Gasteiger partial charge in [-0.2, -0.15) is 5.06 Å². The highest BCUT2D eigenvalue weighted by atomic mass is 32.1. The van der Waals surface area contributed by atoms with Crippen molar-refractivity contribution in [3.8, 4) is 0 Å². The van der Waals surface area contributed by atoms with Crippen LogP contribution in [-0.2, 0) is 11.4 Å². The number of carbonyl (C=O) groups excluding carboxylic acids is 1. The van der Waals surface area contributed by atoms with Crippen molar-refractivity contribution in [3.05, 3.63) is 11.1 Å². The topological polar surface area (TPSA) is 70.1 Å². The van der Waals surface area contributed by atoms with Crippen LogP contribution in [0.2, 0.25) is 0 Å². The van der Waals surface area contributed by atoms with Gasteiger partial charge in [-0.1, -0.05) is 0 Å². The fourth-order valence-corrected chi connectivity index (χ4v) is 2.12. The van der Waals surface area contributed by atoms with Gasteiger partial charge in [-0.15, -0.1) is 11.3 Å². The van der Waals surface area contributed by atoms with Gasteiger partial charge in [0, 0.05) is 19.0 Å². The number of aliphatic imine (C=N–C) groups is 1. The van der Waals surface area contributed by atoms with Gasteiger partial charge in [-0.25, -0.2) is 9.78 Å². The standard InChI is InChI=1S/C10H15N5O2S/c1-14(17-2)5-8-6-18-9(12-8)13-10(16)15-4-3-11-7-15/h6-7H,3-5H2,1-2H3,(H,12,13,16). The van der Waals surface area contributed by atoms with Crippen molar-refractivity contribution < 1.29 is 9.63 Å². The fourth-order valence-electron chi connectivity index (χ4n) is 1.43. The number of urea groups is 1. The number of rotatable bonds is 4. The number of carbonyl (C=O) groups is 1. The number of hydroxylamine groups is 2. The Morgan fingerprint density at radius 2 is 2.56 bits per heavy atom. The average molecular weight is 269 g/mol. The van der Waals surface area contributed by atoms with Gasteiger partial charge in [-0.3, -0.25) is 15.2 Å². The molecule has 0 saturated heterocycles. The van der Waals surface area contributed by atoms with Crippen LogP contribution in [0.4, 0.5) is 9.93 Å². The molecule has 0 fully saturated rings. The summed E-state index contributed by atoms with van der Waals surface area (Å²) in [7, 11) is 3.42. The summed E-state index contributed by atoms with van der Waals surface area (Å²) in [4.78, 5) is 26.6. The minimum Gasteiger partial charge on any atom is -0.302 e. The monoisotopic (exact) mass is 269 g/mol. The van der Waals surface area contributed by atoms with Gasteiger partial charge in [0.2, 0.25) is 0 Å². The summed E-state index contributed by atoms with van der Waals surface area (Å²) in [5.74, 6) is 0. The molecule has 1 N–H and O–H groups in total. The minimum atomic E-state index is -0.197. The molecule has 1 aromatic heterocycles. The first kappa shape index (κ1) is 12.9. The highest BCUT2D eigenvalue weighted by molar-refractivity contribution is 7.13. The summed E-state index contributed by atoms with van der Waals surface area (Å²) in [5, 5.41) is 6.88. The van der Waals surface area contributed by atoms with Crippen molar-refractivity contribution in [1.29, 1.82) is 0 Å². The van der Waals surface area contributed by atoms with E-state index < -0.39 is 0 Å². The molecule has 1 aromatic rings. The lowest BCUT2D eigenvalue weighted by molar-refractivity contribution is -0.117. The molecule has 98 valence electrons. The van der Waals surface area contributed by atoms with Crippen LogP contribution >= 0.6 is 11.3 Å². The molecule has 0 aromatic carbocycles. The summed E-state index contributed by atoms with van der Waals surface area (Å²) in [6, 6.07) is -0.197. The van der Waals surface area contributed by atoms with Crippen molar-refractivity contribution in [3.63, 3.8) is 0 Å². The van der Waals surface area contributed by atoms with Crippen molar-refractivity contribution in [2.45, 2.75) is 6.54 Å². The molecule has 7 nitrogen and oxygen atoms in total. The van der Waals surface area contributed by atoms with Gasteiger partial charge in [-0.05, 0) is 0 Å². The quantitative estimate of drug-likeness (QED) is 0.828. The first-order valence-electron chi connectivity index (χ1n) is 5.46. The first-order chi connectivity index (χ1) is 8.69. The van der Waals surface area contributed by atoms with Crippen molar-refractivity contribution in [1.82, 2.24) is 14.9 Å². The van der Waals surface area contributed by atoms with E-state index in [9.17, 15) is 4.79 Å². The summed E-state index contributed by atoms with van der Waals surface area (Å²) >= 11 is 1.39. The Labute approximate surface area is 109 Å². The normalized spacial score (nSPS) is 14.5. The van der Waals surface area contributed by atoms with E-state index in [1.165, 1.54) is 16.2 Å². The van der Waals surface area contributed by atoms with Crippen LogP contribution in [0.3, 0.4) is 0 Å². The van der Waals surface area contributed by atoms with Gasteiger partial charge in [0.15, 0.2) is 5.13 Å². The lowest BCUT2D eigenvalue weighted by atomic mass is 10.5. The zero-order valence-corrected chi connectivity index (χ0v) is 11.1. The molecule has 18 heavy (non-hydrogen) atoms. The second-order valence-corrected chi connectivity index (χ2v) is 4.62. The number of anilines is 1. The maximum Gasteiger partial charge on any atom is 0.328 e. The Morgan fingerprint density at radius 1 is 1.72 bits per heavy atom. The Hall–Kier alpha value is -1.51. The van der Waals surface area contributed by atoms with E-state index in [2.05, 4.69) is 15.3 Å². The number of hydrogen-bond donors (Lipinski definition) is 1. The smallest absolute Gasteiger partial charge is 0.302 e. The molecule has 0 spiro atoms. The molecule has 8 heteroatoms. The highest BCUT2D eigenvalue weighted by Crippen LogP contribution is 2.17. The van der Waals surface area contributed by atoms with Gasteiger partial charge < -0.3 is 4.84 Å². The third kappa shape index (κ3) is 3.25. The van der Waals surface area contributed by atoms with Crippen LogP contribution in [0.25, 0.3) is 0 Å². The number of nitrogens with zero attached hydrogens (tertiary/aromatic N) is 4.